The molecule has 2 aromatic rings. The van der Waals surface area contributed by atoms with E-state index in [4.69, 9.17) is 15.2 Å². The molecule has 1 heterocycles. The Hall–Kier alpha value is -2.07. The van der Waals surface area contributed by atoms with Crippen molar-refractivity contribution in [2.24, 2.45) is 5.73 Å². The topological polar surface area (TPSA) is 57.4 Å². The molecule has 0 saturated carbocycles. The van der Waals surface area contributed by atoms with Crippen molar-refractivity contribution in [3.8, 4) is 17.2 Å². The Bertz CT molecular complexity index is 480. The molecule has 0 aliphatic rings. The fourth-order valence-electron chi connectivity index (χ4n) is 1.50. The van der Waals surface area contributed by atoms with Gasteiger partial charge in [-0.05, 0) is 43.3 Å². The van der Waals surface area contributed by atoms with E-state index < -0.39 is 0 Å². The summed E-state index contributed by atoms with van der Waals surface area (Å²) in [4.78, 5) is 4.17. The lowest BCUT2D eigenvalue weighted by atomic mass is 10.3. The van der Waals surface area contributed by atoms with Crippen LogP contribution in [0.15, 0.2) is 42.6 Å². The number of benzene rings is 1. The van der Waals surface area contributed by atoms with Crippen LogP contribution in [-0.4, -0.2) is 11.6 Å². The fourth-order valence-corrected chi connectivity index (χ4v) is 1.50. The van der Waals surface area contributed by atoms with Gasteiger partial charge in [-0.2, -0.15) is 0 Å². The van der Waals surface area contributed by atoms with Crippen molar-refractivity contribution in [2.75, 3.05) is 6.61 Å². The maximum Gasteiger partial charge on any atom is 0.145 e. The van der Waals surface area contributed by atoms with Crippen LogP contribution in [0.5, 0.6) is 17.2 Å². The molecule has 1 aromatic heterocycles. The molecule has 2 rings (SSSR count). The molecule has 0 amide bonds. The van der Waals surface area contributed by atoms with Gasteiger partial charge in [-0.25, -0.2) is 0 Å². The standard InChI is InChI=1S/C14H16N2O2/c1-2-17-12-5-7-13(8-6-12)18-14-4-3-11(9-15)16-10-14/h3-8,10H,2,9,15H2,1H3. The van der Waals surface area contributed by atoms with Gasteiger partial charge < -0.3 is 15.2 Å². The zero-order valence-electron chi connectivity index (χ0n) is 10.3. The number of nitrogens with two attached hydrogens (primary N) is 1. The quantitative estimate of drug-likeness (QED) is 0.878. The average Bonchev–Trinajstić information content (AvgIpc) is 2.42. The van der Waals surface area contributed by atoms with Crippen LogP contribution in [0, 0.1) is 0 Å². The molecule has 0 aliphatic carbocycles. The lowest BCUT2D eigenvalue weighted by Crippen LogP contribution is -1.98. The number of nitrogens with zero attached hydrogens (tertiary/aromatic N) is 1. The molecule has 94 valence electrons. The Morgan fingerprint density at radius 2 is 1.67 bits per heavy atom. The van der Waals surface area contributed by atoms with Crippen LogP contribution in [0.25, 0.3) is 0 Å². The molecule has 18 heavy (non-hydrogen) atoms. The highest BCUT2D eigenvalue weighted by atomic mass is 16.5. The lowest BCUT2D eigenvalue weighted by molar-refractivity contribution is 0.339. The van der Waals surface area contributed by atoms with Crippen LogP contribution < -0.4 is 15.2 Å². The Balaban J connectivity index is 2.03. The highest BCUT2D eigenvalue weighted by molar-refractivity contribution is 5.34. The van der Waals surface area contributed by atoms with Crippen LogP contribution in [-0.2, 0) is 6.54 Å². The van der Waals surface area contributed by atoms with Gasteiger partial charge in [0.2, 0.25) is 0 Å². The van der Waals surface area contributed by atoms with Gasteiger partial charge in [0, 0.05) is 6.54 Å². The van der Waals surface area contributed by atoms with E-state index in [0.29, 0.717) is 18.9 Å². The summed E-state index contributed by atoms with van der Waals surface area (Å²) in [5.74, 6) is 2.28. The molecule has 0 atom stereocenters. The summed E-state index contributed by atoms with van der Waals surface area (Å²) in [6, 6.07) is 11.2. The van der Waals surface area contributed by atoms with Gasteiger partial charge in [0.05, 0.1) is 18.5 Å². The summed E-state index contributed by atoms with van der Waals surface area (Å²) in [6.07, 6.45) is 1.67. The number of ether oxygens (including phenoxy) is 2. The Morgan fingerprint density at radius 3 is 2.22 bits per heavy atom. The van der Waals surface area contributed by atoms with Gasteiger partial charge in [0.25, 0.3) is 0 Å². The first-order valence-electron chi connectivity index (χ1n) is 5.87. The van der Waals surface area contributed by atoms with Gasteiger partial charge in [-0.3, -0.25) is 4.98 Å². The summed E-state index contributed by atoms with van der Waals surface area (Å²) < 4.78 is 11.0. The van der Waals surface area contributed by atoms with Crippen molar-refractivity contribution in [1.82, 2.24) is 4.98 Å². The molecule has 0 saturated heterocycles. The molecule has 0 unspecified atom stereocenters. The predicted octanol–water partition coefficient (Wildman–Crippen LogP) is 2.73. The van der Waals surface area contributed by atoms with Crippen molar-refractivity contribution in [3.05, 3.63) is 48.3 Å². The molecule has 0 bridgehead atoms. The molecule has 0 spiro atoms. The molecule has 4 heteroatoms. The van der Waals surface area contributed by atoms with Crippen LogP contribution in [0.3, 0.4) is 0 Å². The predicted molar refractivity (Wildman–Crippen MR) is 69.8 cm³/mol. The lowest BCUT2D eigenvalue weighted by Gasteiger charge is -2.07. The highest BCUT2D eigenvalue weighted by Gasteiger charge is 1.99. The van der Waals surface area contributed by atoms with E-state index in [1.807, 2.05) is 43.3 Å². The third kappa shape index (κ3) is 3.21. The molecule has 0 radical (unpaired) electrons. The van der Waals surface area contributed by atoms with Gasteiger partial charge in [-0.1, -0.05) is 0 Å². The number of hydrogen-bond acceptors (Lipinski definition) is 4. The zero-order valence-corrected chi connectivity index (χ0v) is 10.3. The van der Waals surface area contributed by atoms with Crippen LogP contribution in [0.1, 0.15) is 12.6 Å². The Morgan fingerprint density at radius 1 is 1.00 bits per heavy atom. The minimum absolute atomic E-state index is 0.434. The Labute approximate surface area is 106 Å². The van der Waals surface area contributed by atoms with Gasteiger partial charge in [-0.15, -0.1) is 0 Å². The van der Waals surface area contributed by atoms with Crippen LogP contribution in [0.2, 0.25) is 0 Å². The van der Waals surface area contributed by atoms with Crippen molar-refractivity contribution in [2.45, 2.75) is 13.5 Å². The normalized spacial score (nSPS) is 10.1. The first-order chi connectivity index (χ1) is 8.81. The molecular weight excluding hydrogens is 228 g/mol. The van der Waals surface area contributed by atoms with E-state index in [1.54, 1.807) is 6.20 Å². The third-order valence-corrected chi connectivity index (χ3v) is 2.38. The second kappa shape index (κ2) is 6.02. The molecule has 1 aromatic carbocycles. The van der Waals surface area contributed by atoms with E-state index in [2.05, 4.69) is 4.98 Å². The number of rotatable bonds is 5. The van der Waals surface area contributed by atoms with Crippen molar-refractivity contribution in [3.63, 3.8) is 0 Å². The second-order valence-corrected chi connectivity index (χ2v) is 3.70. The van der Waals surface area contributed by atoms with E-state index in [-0.39, 0.29) is 0 Å². The minimum atomic E-state index is 0.434. The molecule has 0 fully saturated rings. The molecule has 2 N–H and O–H groups in total. The van der Waals surface area contributed by atoms with Gasteiger partial charge in [0.15, 0.2) is 0 Å². The number of pyridine rings is 1. The maximum absolute atomic E-state index is 5.65. The van der Waals surface area contributed by atoms with Gasteiger partial charge in [0.1, 0.15) is 17.2 Å². The number of hydrogen-bond donors (Lipinski definition) is 1. The van der Waals surface area contributed by atoms with E-state index in [0.717, 1.165) is 17.2 Å². The third-order valence-electron chi connectivity index (χ3n) is 2.38. The van der Waals surface area contributed by atoms with Crippen molar-refractivity contribution in [1.29, 1.82) is 0 Å². The summed E-state index contributed by atoms with van der Waals surface area (Å²) in [5.41, 5.74) is 6.32. The summed E-state index contributed by atoms with van der Waals surface area (Å²) in [5, 5.41) is 0. The van der Waals surface area contributed by atoms with Crippen molar-refractivity contribution < 1.29 is 9.47 Å². The zero-order chi connectivity index (χ0) is 12.8. The first kappa shape index (κ1) is 12.4. The van der Waals surface area contributed by atoms with E-state index >= 15 is 0 Å². The highest BCUT2D eigenvalue weighted by Crippen LogP contribution is 2.23. The van der Waals surface area contributed by atoms with Crippen molar-refractivity contribution >= 4 is 0 Å². The maximum atomic E-state index is 5.65. The average molecular weight is 244 g/mol. The molecule has 4 nitrogen and oxygen atoms in total. The van der Waals surface area contributed by atoms with Crippen LogP contribution >= 0.6 is 0 Å². The summed E-state index contributed by atoms with van der Waals surface area (Å²) in [7, 11) is 0. The van der Waals surface area contributed by atoms with E-state index in [9.17, 15) is 0 Å². The molecular formula is C14H16N2O2. The summed E-state index contributed by atoms with van der Waals surface area (Å²) >= 11 is 0. The second-order valence-electron chi connectivity index (χ2n) is 3.70. The van der Waals surface area contributed by atoms with Gasteiger partial charge >= 0.3 is 0 Å². The largest absolute Gasteiger partial charge is 0.494 e. The minimum Gasteiger partial charge on any atom is -0.494 e. The monoisotopic (exact) mass is 244 g/mol. The smallest absolute Gasteiger partial charge is 0.145 e. The van der Waals surface area contributed by atoms with Crippen LogP contribution in [0.4, 0.5) is 0 Å². The number of aromatic nitrogens is 1. The Kier molecular flexibility index (Phi) is 4.15. The first-order valence-corrected chi connectivity index (χ1v) is 5.87. The van der Waals surface area contributed by atoms with E-state index in [1.165, 1.54) is 0 Å². The molecule has 0 aliphatic heterocycles. The fraction of sp³-hybridized carbons (Fsp3) is 0.214. The summed E-state index contributed by atoms with van der Waals surface area (Å²) in [6.45, 7) is 3.04. The SMILES string of the molecule is CCOc1ccc(Oc2ccc(CN)nc2)cc1.